The Kier molecular flexibility index (Phi) is 2.30. The second kappa shape index (κ2) is 3.23. The largest absolute Gasteiger partial charge is 0.389 e. The third kappa shape index (κ3) is 1.83. The summed E-state index contributed by atoms with van der Waals surface area (Å²) in [6.07, 6.45) is 4.75. The molecule has 0 aliphatic heterocycles. The zero-order valence-corrected chi connectivity index (χ0v) is 6.41. The Labute approximate surface area is 66.7 Å². The Balaban J connectivity index is 3.03. The molecule has 0 radical (unpaired) electrons. The predicted molar refractivity (Wildman–Crippen MR) is 45.0 cm³/mol. The van der Waals surface area contributed by atoms with E-state index in [1.54, 1.807) is 6.92 Å². The van der Waals surface area contributed by atoms with Gasteiger partial charge in [-0.3, -0.25) is 0 Å². The summed E-state index contributed by atoms with van der Waals surface area (Å²) >= 11 is 0. The second-order valence-corrected chi connectivity index (χ2v) is 2.45. The lowest BCUT2D eigenvalue weighted by Gasteiger charge is -2.03. The quantitative estimate of drug-likeness (QED) is 0.598. The van der Waals surface area contributed by atoms with Gasteiger partial charge in [-0.1, -0.05) is 18.1 Å². The first kappa shape index (κ1) is 7.84. The maximum Gasteiger partial charge on any atom is 0.0762 e. The lowest BCUT2D eigenvalue weighted by molar-refractivity contribution is 0.199. The molecule has 0 unspecified atom stereocenters. The number of hydrogen-bond acceptors (Lipinski definition) is 1. The van der Waals surface area contributed by atoms with E-state index in [9.17, 15) is 5.11 Å². The molecule has 1 N–H and O–H groups in total. The van der Waals surface area contributed by atoms with Crippen molar-refractivity contribution in [1.29, 1.82) is 0 Å². The molecule has 0 saturated carbocycles. The van der Waals surface area contributed by atoms with E-state index in [1.807, 2.05) is 24.3 Å². The standard InChI is InChI=1S/C10H10O/c1-3-9-5-4-6-10(7-9)8(2)11/h1,4-8,11H,2H3/t8-/m1/s1. The van der Waals surface area contributed by atoms with Crippen molar-refractivity contribution in [3.8, 4) is 12.3 Å². The Bertz CT molecular complexity index is 281. The number of aliphatic hydroxyl groups is 1. The monoisotopic (exact) mass is 146 g/mol. The minimum atomic E-state index is -0.441. The van der Waals surface area contributed by atoms with Crippen LogP contribution in [0.1, 0.15) is 24.2 Å². The summed E-state index contributed by atoms with van der Waals surface area (Å²) in [6.45, 7) is 1.72. The van der Waals surface area contributed by atoms with Gasteiger partial charge in [0, 0.05) is 5.56 Å². The third-order valence-electron chi connectivity index (χ3n) is 1.54. The summed E-state index contributed by atoms with van der Waals surface area (Å²) in [5.41, 5.74) is 1.67. The van der Waals surface area contributed by atoms with Gasteiger partial charge in [0.2, 0.25) is 0 Å². The molecule has 1 aromatic rings. The van der Waals surface area contributed by atoms with Gasteiger partial charge < -0.3 is 5.11 Å². The fraction of sp³-hybridized carbons (Fsp3) is 0.200. The van der Waals surface area contributed by atoms with Gasteiger partial charge >= 0.3 is 0 Å². The third-order valence-corrected chi connectivity index (χ3v) is 1.54. The molecule has 1 heteroatoms. The minimum Gasteiger partial charge on any atom is -0.389 e. The van der Waals surface area contributed by atoms with Gasteiger partial charge in [0.05, 0.1) is 6.10 Å². The van der Waals surface area contributed by atoms with E-state index < -0.39 is 6.10 Å². The second-order valence-electron chi connectivity index (χ2n) is 2.45. The maximum atomic E-state index is 9.18. The fourth-order valence-electron chi connectivity index (χ4n) is 0.888. The van der Waals surface area contributed by atoms with E-state index in [1.165, 1.54) is 0 Å². The molecule has 1 rings (SSSR count). The van der Waals surface area contributed by atoms with Crippen LogP contribution in [-0.2, 0) is 0 Å². The topological polar surface area (TPSA) is 20.2 Å². The highest BCUT2D eigenvalue weighted by atomic mass is 16.3. The number of rotatable bonds is 1. The van der Waals surface area contributed by atoms with Crippen molar-refractivity contribution in [2.75, 3.05) is 0 Å². The highest BCUT2D eigenvalue weighted by Gasteiger charge is 1.98. The zero-order chi connectivity index (χ0) is 8.27. The molecule has 11 heavy (non-hydrogen) atoms. The van der Waals surface area contributed by atoms with Crippen LogP contribution in [0.4, 0.5) is 0 Å². The van der Waals surface area contributed by atoms with Crippen LogP contribution in [0.5, 0.6) is 0 Å². The summed E-state index contributed by atoms with van der Waals surface area (Å²) in [6, 6.07) is 7.35. The van der Waals surface area contributed by atoms with Crippen molar-refractivity contribution >= 4 is 0 Å². The number of aliphatic hydroxyl groups excluding tert-OH is 1. The van der Waals surface area contributed by atoms with Gasteiger partial charge in [-0.2, -0.15) is 0 Å². The van der Waals surface area contributed by atoms with Crippen LogP contribution >= 0.6 is 0 Å². The van der Waals surface area contributed by atoms with Gasteiger partial charge in [-0.05, 0) is 24.6 Å². The van der Waals surface area contributed by atoms with Gasteiger partial charge in [0.15, 0.2) is 0 Å². The first-order chi connectivity index (χ1) is 5.24. The summed E-state index contributed by atoms with van der Waals surface area (Å²) in [5, 5.41) is 9.18. The van der Waals surface area contributed by atoms with Crippen LogP contribution in [-0.4, -0.2) is 5.11 Å². The molecule has 0 aliphatic rings. The molecule has 0 amide bonds. The van der Waals surface area contributed by atoms with Crippen LogP contribution in [0.2, 0.25) is 0 Å². The molecular weight excluding hydrogens is 136 g/mol. The lowest BCUT2D eigenvalue weighted by Crippen LogP contribution is -1.90. The van der Waals surface area contributed by atoms with E-state index in [2.05, 4.69) is 5.92 Å². The van der Waals surface area contributed by atoms with Gasteiger partial charge in [-0.25, -0.2) is 0 Å². The van der Waals surface area contributed by atoms with E-state index in [-0.39, 0.29) is 0 Å². The molecule has 0 bridgehead atoms. The average Bonchev–Trinajstić information content (AvgIpc) is 2.05. The molecule has 1 atom stereocenters. The SMILES string of the molecule is C#Cc1cccc([C@@H](C)O)c1. The predicted octanol–water partition coefficient (Wildman–Crippen LogP) is 1.72. The summed E-state index contributed by atoms with van der Waals surface area (Å²) in [5.74, 6) is 2.51. The number of terminal acetylenes is 1. The smallest absolute Gasteiger partial charge is 0.0762 e. The van der Waals surface area contributed by atoms with Gasteiger partial charge in [-0.15, -0.1) is 6.42 Å². The molecule has 0 saturated heterocycles. The molecule has 56 valence electrons. The zero-order valence-electron chi connectivity index (χ0n) is 6.41. The van der Waals surface area contributed by atoms with Crippen LogP contribution < -0.4 is 0 Å². The summed E-state index contributed by atoms with van der Waals surface area (Å²) in [7, 11) is 0. The summed E-state index contributed by atoms with van der Waals surface area (Å²) in [4.78, 5) is 0. The maximum absolute atomic E-state index is 9.18. The molecular formula is C10H10O. The minimum absolute atomic E-state index is 0.441. The Morgan fingerprint density at radius 2 is 2.27 bits per heavy atom. The molecule has 0 aliphatic carbocycles. The van der Waals surface area contributed by atoms with Crippen molar-refractivity contribution < 1.29 is 5.11 Å². The van der Waals surface area contributed by atoms with Crippen LogP contribution in [0.15, 0.2) is 24.3 Å². The Hall–Kier alpha value is -1.26. The highest BCUT2D eigenvalue weighted by molar-refractivity contribution is 5.35. The fourth-order valence-corrected chi connectivity index (χ4v) is 0.888. The van der Waals surface area contributed by atoms with Crippen molar-refractivity contribution in [1.82, 2.24) is 0 Å². The normalized spacial score (nSPS) is 12.1. The van der Waals surface area contributed by atoms with Gasteiger partial charge in [0.1, 0.15) is 0 Å². The van der Waals surface area contributed by atoms with Crippen molar-refractivity contribution in [3.63, 3.8) is 0 Å². The molecule has 1 aromatic carbocycles. The van der Waals surface area contributed by atoms with Crippen LogP contribution in [0, 0.1) is 12.3 Å². The highest BCUT2D eigenvalue weighted by Crippen LogP contribution is 2.12. The first-order valence-corrected chi connectivity index (χ1v) is 3.48. The average molecular weight is 146 g/mol. The van der Waals surface area contributed by atoms with E-state index in [0.717, 1.165) is 11.1 Å². The molecule has 1 nitrogen and oxygen atoms in total. The van der Waals surface area contributed by atoms with Crippen molar-refractivity contribution in [3.05, 3.63) is 35.4 Å². The molecule has 0 fully saturated rings. The number of benzene rings is 1. The Morgan fingerprint density at radius 3 is 2.82 bits per heavy atom. The van der Waals surface area contributed by atoms with Crippen molar-refractivity contribution in [2.24, 2.45) is 0 Å². The van der Waals surface area contributed by atoms with Crippen LogP contribution in [0.3, 0.4) is 0 Å². The lowest BCUT2D eigenvalue weighted by atomic mass is 10.1. The van der Waals surface area contributed by atoms with Gasteiger partial charge in [0.25, 0.3) is 0 Å². The van der Waals surface area contributed by atoms with Crippen molar-refractivity contribution in [2.45, 2.75) is 13.0 Å². The summed E-state index contributed by atoms with van der Waals surface area (Å²) < 4.78 is 0. The van der Waals surface area contributed by atoms with E-state index in [0.29, 0.717) is 0 Å². The van der Waals surface area contributed by atoms with Crippen LogP contribution in [0.25, 0.3) is 0 Å². The van der Waals surface area contributed by atoms with E-state index in [4.69, 9.17) is 6.42 Å². The molecule has 0 heterocycles. The molecule has 0 aromatic heterocycles. The number of hydrogen-bond donors (Lipinski definition) is 1. The molecule has 0 spiro atoms. The van der Waals surface area contributed by atoms with E-state index >= 15 is 0 Å². The Morgan fingerprint density at radius 1 is 1.55 bits per heavy atom. The first-order valence-electron chi connectivity index (χ1n) is 3.48.